The molecule has 0 heterocycles. The van der Waals surface area contributed by atoms with Crippen LogP contribution < -0.4 is 10.1 Å². The number of para-hydroxylation sites is 1. The lowest BCUT2D eigenvalue weighted by Crippen LogP contribution is -2.27. The van der Waals surface area contributed by atoms with Gasteiger partial charge in [-0.05, 0) is 18.6 Å². The molecule has 0 atom stereocenters. The second-order valence-corrected chi connectivity index (χ2v) is 3.34. The monoisotopic (exact) mass is 223 g/mol. The number of rotatable bonds is 7. The quantitative estimate of drug-likeness (QED) is 0.677. The number of carbonyl (C=O) groups excluding carboxylic acids is 1. The van der Waals surface area contributed by atoms with E-state index in [1.807, 2.05) is 30.3 Å². The average Bonchev–Trinajstić information content (AvgIpc) is 2.33. The van der Waals surface area contributed by atoms with E-state index < -0.39 is 0 Å². The van der Waals surface area contributed by atoms with E-state index in [1.165, 1.54) is 0 Å². The second kappa shape index (κ2) is 7.70. The summed E-state index contributed by atoms with van der Waals surface area (Å²) in [7, 11) is 0. The lowest BCUT2D eigenvalue weighted by atomic mass is 10.3. The van der Waals surface area contributed by atoms with Gasteiger partial charge in [-0.25, -0.2) is 0 Å². The van der Waals surface area contributed by atoms with Gasteiger partial charge in [-0.15, -0.1) is 0 Å². The first-order valence-electron chi connectivity index (χ1n) is 5.38. The summed E-state index contributed by atoms with van der Waals surface area (Å²) in [5.74, 6) is 0.748. The summed E-state index contributed by atoms with van der Waals surface area (Å²) >= 11 is 0. The van der Waals surface area contributed by atoms with Crippen LogP contribution >= 0.6 is 0 Å². The predicted octanol–water partition coefficient (Wildman–Crippen LogP) is 0.954. The molecule has 0 aliphatic heterocycles. The van der Waals surface area contributed by atoms with E-state index >= 15 is 0 Å². The molecule has 0 spiro atoms. The molecule has 0 bridgehead atoms. The van der Waals surface area contributed by atoms with Crippen LogP contribution in [0.3, 0.4) is 0 Å². The first-order chi connectivity index (χ1) is 7.83. The lowest BCUT2D eigenvalue weighted by Gasteiger charge is -2.07. The fourth-order valence-corrected chi connectivity index (χ4v) is 1.20. The van der Waals surface area contributed by atoms with Crippen LogP contribution in [-0.2, 0) is 4.79 Å². The van der Waals surface area contributed by atoms with Crippen LogP contribution in [0.25, 0.3) is 0 Å². The molecule has 1 aromatic rings. The van der Waals surface area contributed by atoms with Gasteiger partial charge in [0.25, 0.3) is 0 Å². The Morgan fingerprint density at radius 1 is 1.31 bits per heavy atom. The Labute approximate surface area is 95.2 Å². The third-order valence-corrected chi connectivity index (χ3v) is 2.00. The maximum atomic E-state index is 11.1. The second-order valence-electron chi connectivity index (χ2n) is 3.34. The van der Waals surface area contributed by atoms with E-state index in [0.717, 1.165) is 5.75 Å². The minimum Gasteiger partial charge on any atom is -0.492 e. The van der Waals surface area contributed by atoms with Crippen LogP contribution in [0.15, 0.2) is 30.3 Å². The molecule has 0 aliphatic rings. The van der Waals surface area contributed by atoms with Crippen LogP contribution in [0, 0.1) is 0 Å². The zero-order valence-electron chi connectivity index (χ0n) is 9.19. The Morgan fingerprint density at radius 3 is 2.75 bits per heavy atom. The van der Waals surface area contributed by atoms with Crippen LogP contribution in [0.1, 0.15) is 12.8 Å². The van der Waals surface area contributed by atoms with Gasteiger partial charge in [0.1, 0.15) is 12.4 Å². The highest BCUT2D eigenvalue weighted by molar-refractivity contribution is 5.75. The molecule has 0 unspecified atom stereocenters. The largest absolute Gasteiger partial charge is 0.492 e. The van der Waals surface area contributed by atoms with Gasteiger partial charge in [-0.1, -0.05) is 18.2 Å². The van der Waals surface area contributed by atoms with Crippen molar-refractivity contribution in [1.29, 1.82) is 0 Å². The Hall–Kier alpha value is -1.55. The van der Waals surface area contributed by atoms with Crippen molar-refractivity contribution in [2.45, 2.75) is 12.8 Å². The maximum absolute atomic E-state index is 11.1. The molecule has 4 heteroatoms. The standard InChI is InChI=1S/C12H17NO3/c14-9-4-7-12(15)13-8-10-16-11-5-2-1-3-6-11/h1-3,5-6,14H,4,7-10H2,(H,13,15). The topological polar surface area (TPSA) is 58.6 Å². The van der Waals surface area contributed by atoms with Gasteiger partial charge >= 0.3 is 0 Å². The third kappa shape index (κ3) is 5.36. The summed E-state index contributed by atoms with van der Waals surface area (Å²) in [4.78, 5) is 11.1. The zero-order chi connectivity index (χ0) is 11.6. The molecule has 1 amide bonds. The van der Waals surface area contributed by atoms with Crippen molar-refractivity contribution in [3.63, 3.8) is 0 Å². The van der Waals surface area contributed by atoms with Gasteiger partial charge in [0, 0.05) is 13.0 Å². The molecule has 4 nitrogen and oxygen atoms in total. The molecule has 1 aromatic carbocycles. The van der Waals surface area contributed by atoms with Crippen molar-refractivity contribution in [3.05, 3.63) is 30.3 Å². The number of benzene rings is 1. The lowest BCUT2D eigenvalue weighted by molar-refractivity contribution is -0.121. The summed E-state index contributed by atoms with van der Waals surface area (Å²) in [5.41, 5.74) is 0. The molecule has 0 fully saturated rings. The van der Waals surface area contributed by atoms with Crippen molar-refractivity contribution < 1.29 is 14.6 Å². The smallest absolute Gasteiger partial charge is 0.220 e. The van der Waals surface area contributed by atoms with E-state index in [-0.39, 0.29) is 12.5 Å². The van der Waals surface area contributed by atoms with Crippen LogP contribution in [0.5, 0.6) is 5.75 Å². The highest BCUT2D eigenvalue weighted by Crippen LogP contribution is 2.07. The summed E-state index contributed by atoms with van der Waals surface area (Å²) in [6, 6.07) is 9.45. The molecule has 0 saturated heterocycles. The first kappa shape index (κ1) is 12.5. The van der Waals surface area contributed by atoms with Crippen molar-refractivity contribution >= 4 is 5.91 Å². The third-order valence-electron chi connectivity index (χ3n) is 2.00. The van der Waals surface area contributed by atoms with Crippen molar-refractivity contribution in [2.75, 3.05) is 19.8 Å². The van der Waals surface area contributed by atoms with Crippen LogP contribution in [0.2, 0.25) is 0 Å². The molecule has 0 aliphatic carbocycles. The number of aliphatic hydroxyl groups is 1. The molecule has 0 aromatic heterocycles. The number of aliphatic hydroxyl groups excluding tert-OH is 1. The number of nitrogens with one attached hydrogen (secondary N) is 1. The van der Waals surface area contributed by atoms with Crippen LogP contribution in [-0.4, -0.2) is 30.8 Å². The molecule has 16 heavy (non-hydrogen) atoms. The van der Waals surface area contributed by atoms with Crippen molar-refractivity contribution in [2.24, 2.45) is 0 Å². The average molecular weight is 223 g/mol. The Bertz CT molecular complexity index is 300. The minimum absolute atomic E-state index is 0.0495. The SMILES string of the molecule is O=C(CCCO)NCCOc1ccccc1. The van der Waals surface area contributed by atoms with E-state index in [9.17, 15) is 4.79 Å². The van der Waals surface area contributed by atoms with Gasteiger partial charge in [-0.3, -0.25) is 4.79 Å². The molecule has 1 rings (SSSR count). The van der Waals surface area contributed by atoms with Gasteiger partial charge in [0.05, 0.1) is 6.54 Å². The maximum Gasteiger partial charge on any atom is 0.220 e. The first-order valence-corrected chi connectivity index (χ1v) is 5.38. The Kier molecular flexibility index (Phi) is 6.03. The number of carbonyl (C=O) groups is 1. The summed E-state index contributed by atoms with van der Waals surface area (Å²) in [6.45, 7) is 0.988. The fourth-order valence-electron chi connectivity index (χ4n) is 1.20. The fraction of sp³-hybridized carbons (Fsp3) is 0.417. The normalized spacial score (nSPS) is 9.81. The predicted molar refractivity (Wildman–Crippen MR) is 61.3 cm³/mol. The van der Waals surface area contributed by atoms with Crippen molar-refractivity contribution in [3.8, 4) is 5.75 Å². The van der Waals surface area contributed by atoms with E-state index in [2.05, 4.69) is 5.32 Å². The van der Waals surface area contributed by atoms with Crippen molar-refractivity contribution in [1.82, 2.24) is 5.32 Å². The van der Waals surface area contributed by atoms with E-state index in [4.69, 9.17) is 9.84 Å². The number of ether oxygens (including phenoxy) is 1. The molecular formula is C12H17NO3. The summed E-state index contributed by atoms with van der Waals surface area (Å²) in [5, 5.41) is 11.2. The van der Waals surface area contributed by atoms with Gasteiger partial charge in [0.15, 0.2) is 0 Å². The minimum atomic E-state index is -0.0503. The summed E-state index contributed by atoms with van der Waals surface area (Å²) in [6.07, 6.45) is 0.868. The highest BCUT2D eigenvalue weighted by atomic mass is 16.5. The summed E-state index contributed by atoms with van der Waals surface area (Å²) < 4.78 is 5.40. The van der Waals surface area contributed by atoms with E-state index in [0.29, 0.717) is 26.0 Å². The number of amides is 1. The molecular weight excluding hydrogens is 206 g/mol. The number of hydrogen-bond acceptors (Lipinski definition) is 3. The van der Waals surface area contributed by atoms with Gasteiger partial charge in [0.2, 0.25) is 5.91 Å². The highest BCUT2D eigenvalue weighted by Gasteiger charge is 1.99. The van der Waals surface area contributed by atoms with Crippen LogP contribution in [0.4, 0.5) is 0 Å². The molecule has 0 saturated carbocycles. The van der Waals surface area contributed by atoms with E-state index in [1.54, 1.807) is 0 Å². The van der Waals surface area contributed by atoms with Gasteiger partial charge in [-0.2, -0.15) is 0 Å². The zero-order valence-corrected chi connectivity index (χ0v) is 9.19. The Morgan fingerprint density at radius 2 is 2.06 bits per heavy atom. The molecule has 88 valence electrons. The molecule has 2 N–H and O–H groups in total. The Balaban J connectivity index is 2.06. The molecule has 0 radical (unpaired) electrons. The van der Waals surface area contributed by atoms with Gasteiger partial charge < -0.3 is 15.2 Å². The number of hydrogen-bond donors (Lipinski definition) is 2.